The number of benzene rings is 2. The van der Waals surface area contributed by atoms with Gasteiger partial charge in [0.15, 0.2) is 11.7 Å². The van der Waals surface area contributed by atoms with Crippen molar-refractivity contribution in [3.63, 3.8) is 0 Å². The van der Waals surface area contributed by atoms with Crippen LogP contribution in [0.1, 0.15) is 35.1 Å². The molecule has 0 radical (unpaired) electrons. The third-order valence-electron chi connectivity index (χ3n) is 7.45. The second-order valence-corrected chi connectivity index (χ2v) is 10.2. The zero-order valence-electron chi connectivity index (χ0n) is 21.3. The van der Waals surface area contributed by atoms with Crippen LogP contribution in [-0.2, 0) is 23.7 Å². The quantitative estimate of drug-likeness (QED) is 0.292. The topological polar surface area (TPSA) is 93.3 Å². The fraction of sp³-hybridized carbons (Fsp3) is 0.250. The number of fused-ring (bicyclic) bond motifs is 1. The van der Waals surface area contributed by atoms with Gasteiger partial charge in [-0.1, -0.05) is 35.5 Å². The predicted octanol–water partition coefficient (Wildman–Crippen LogP) is 5.90. The number of alkyl halides is 6. The first-order valence-corrected chi connectivity index (χ1v) is 12.8. The Labute approximate surface area is 233 Å². The van der Waals surface area contributed by atoms with Gasteiger partial charge >= 0.3 is 12.4 Å². The summed E-state index contributed by atoms with van der Waals surface area (Å²) in [6, 6.07) is 9.68. The van der Waals surface area contributed by atoms with Gasteiger partial charge < -0.3 is 20.0 Å². The molecule has 4 heterocycles. The fourth-order valence-electron chi connectivity index (χ4n) is 5.56. The Balaban J connectivity index is 1.11. The summed E-state index contributed by atoms with van der Waals surface area (Å²) in [6.07, 6.45) is -4.39. The maximum absolute atomic E-state index is 13.7. The number of nitrogens with zero attached hydrogens (tertiary/aromatic N) is 3. The Kier molecular flexibility index (Phi) is 5.77. The van der Waals surface area contributed by atoms with Gasteiger partial charge in [-0.3, -0.25) is 4.99 Å². The third kappa shape index (κ3) is 4.42. The van der Waals surface area contributed by atoms with Crippen molar-refractivity contribution in [3.05, 3.63) is 94.9 Å². The summed E-state index contributed by atoms with van der Waals surface area (Å²) in [4.78, 5) is 20.0. The van der Waals surface area contributed by atoms with Crippen molar-refractivity contribution in [2.45, 2.75) is 43.0 Å². The molecule has 1 aromatic heterocycles. The molecule has 3 atom stereocenters. The number of rotatable bonds is 4. The summed E-state index contributed by atoms with van der Waals surface area (Å²) >= 11 is 0. The molecule has 2 N–H and O–H groups in total. The maximum Gasteiger partial charge on any atom is 0.417 e. The highest BCUT2D eigenvalue weighted by Crippen LogP contribution is 2.42. The molecule has 0 bridgehead atoms. The lowest BCUT2D eigenvalue weighted by Gasteiger charge is -2.27. The van der Waals surface area contributed by atoms with Crippen LogP contribution in [0.2, 0.25) is 0 Å². The molecule has 1 saturated heterocycles. The molecule has 4 aliphatic rings. The number of aromatic nitrogens is 1. The molecule has 2 aromatic carbocycles. The Bertz CT molecular complexity index is 1710. The van der Waals surface area contributed by atoms with E-state index in [1.807, 2.05) is 36.4 Å². The Morgan fingerprint density at radius 2 is 1.86 bits per heavy atom. The first kappa shape index (κ1) is 26.3. The molecule has 216 valence electrons. The first-order chi connectivity index (χ1) is 20.0. The van der Waals surface area contributed by atoms with Crippen molar-refractivity contribution >= 4 is 11.7 Å². The maximum atomic E-state index is 13.7. The van der Waals surface area contributed by atoms with Crippen LogP contribution in [0, 0.1) is 0 Å². The summed E-state index contributed by atoms with van der Waals surface area (Å²) < 4.78 is 85.6. The molecule has 0 amide bonds. The van der Waals surface area contributed by atoms with E-state index in [9.17, 15) is 26.3 Å². The molecule has 0 saturated carbocycles. The van der Waals surface area contributed by atoms with E-state index in [0.29, 0.717) is 24.2 Å². The molecule has 42 heavy (non-hydrogen) atoms. The molecule has 1 fully saturated rings. The van der Waals surface area contributed by atoms with Crippen molar-refractivity contribution in [2.75, 3.05) is 0 Å². The van der Waals surface area contributed by atoms with E-state index in [1.165, 1.54) is 6.07 Å². The third-order valence-corrected chi connectivity index (χ3v) is 7.45. The van der Waals surface area contributed by atoms with Gasteiger partial charge in [-0.2, -0.15) is 31.2 Å². The first-order valence-electron chi connectivity index (χ1n) is 12.8. The number of aliphatic imine (C=N–C) groups is 2. The second kappa shape index (κ2) is 9.21. The minimum absolute atomic E-state index is 0.0793. The number of hydrogen-bond acceptors (Lipinski definition) is 6. The highest BCUT2D eigenvalue weighted by molar-refractivity contribution is 6.12. The number of nitrogens with one attached hydrogen (secondary N) is 2. The number of allylic oxidation sites excluding steroid dienone is 2. The van der Waals surface area contributed by atoms with Crippen molar-refractivity contribution in [2.24, 2.45) is 9.98 Å². The van der Waals surface area contributed by atoms with Crippen molar-refractivity contribution < 1.29 is 40.6 Å². The Hall–Kier alpha value is -4.59. The minimum Gasteiger partial charge on any atom is -0.361 e. The zero-order valence-corrected chi connectivity index (χ0v) is 21.3. The van der Waals surface area contributed by atoms with E-state index in [0.717, 1.165) is 23.0 Å². The Morgan fingerprint density at radius 3 is 2.67 bits per heavy atom. The van der Waals surface area contributed by atoms with Crippen LogP contribution in [0.25, 0.3) is 11.3 Å². The Morgan fingerprint density at radius 1 is 1.02 bits per heavy atom. The largest absolute Gasteiger partial charge is 0.417 e. The van der Waals surface area contributed by atoms with E-state index in [1.54, 1.807) is 6.07 Å². The van der Waals surface area contributed by atoms with Gasteiger partial charge in [-0.15, -0.1) is 0 Å². The lowest BCUT2D eigenvalue weighted by Crippen LogP contribution is -2.48. The van der Waals surface area contributed by atoms with E-state index in [4.69, 9.17) is 19.3 Å². The molecule has 7 rings (SSSR count). The predicted molar refractivity (Wildman–Crippen MR) is 136 cm³/mol. The molecular weight excluding hydrogens is 568 g/mol. The standard InChI is InChI=1S/C28H19F6N5O3/c29-27(30,31)14-8-9-17(19(10-14)28(32,33)34)20-12-16(40-39-20)11-15-13-26-22(35-15)6-3-7-23(26)36-25(38-26)37-24-18-4-1-2-5-21(18)41-42-24/h1-10,12,15,24H,11,13H2,(H2,36,37,38). The van der Waals surface area contributed by atoms with Crippen LogP contribution in [0.15, 0.2) is 87.0 Å². The minimum atomic E-state index is -5.03. The molecule has 14 heteroatoms. The van der Waals surface area contributed by atoms with Gasteiger partial charge in [0.1, 0.15) is 17.0 Å². The number of guanidine groups is 1. The monoisotopic (exact) mass is 587 g/mol. The van der Waals surface area contributed by atoms with Gasteiger partial charge in [-0.05, 0) is 30.4 Å². The number of hydrogen-bond donors (Lipinski definition) is 2. The lowest BCUT2D eigenvalue weighted by atomic mass is 9.84. The fourth-order valence-corrected chi connectivity index (χ4v) is 5.56. The van der Waals surface area contributed by atoms with Crippen LogP contribution in [-0.4, -0.2) is 28.4 Å². The average molecular weight is 587 g/mol. The molecule has 3 unspecified atom stereocenters. The van der Waals surface area contributed by atoms with Crippen LogP contribution < -0.4 is 15.5 Å². The SMILES string of the molecule is FC(F)(F)c1ccc(-c2cc(CC3CC45NC(=NC6OOc7ccccc76)NC4=CC=CC5=N3)on2)c(C(F)(F)F)c1. The molecule has 1 spiro atoms. The van der Waals surface area contributed by atoms with Gasteiger partial charge in [0.2, 0.25) is 6.23 Å². The van der Waals surface area contributed by atoms with E-state index >= 15 is 0 Å². The second-order valence-electron chi connectivity index (χ2n) is 10.2. The average Bonchev–Trinajstić information content (AvgIpc) is 3.71. The highest BCUT2D eigenvalue weighted by atomic mass is 19.4. The lowest BCUT2D eigenvalue weighted by molar-refractivity contribution is -0.221. The van der Waals surface area contributed by atoms with Crippen molar-refractivity contribution in [1.82, 2.24) is 15.8 Å². The molecular formula is C28H19F6N5O3. The van der Waals surface area contributed by atoms with Crippen LogP contribution in [0.5, 0.6) is 5.75 Å². The summed E-state index contributed by atoms with van der Waals surface area (Å²) in [5, 5.41) is 10.4. The van der Waals surface area contributed by atoms with Gasteiger partial charge in [0.05, 0.1) is 28.4 Å². The molecule has 3 aromatic rings. The molecule has 8 nitrogen and oxygen atoms in total. The van der Waals surface area contributed by atoms with Gasteiger partial charge in [-0.25, -0.2) is 4.99 Å². The summed E-state index contributed by atoms with van der Waals surface area (Å²) in [7, 11) is 0. The van der Waals surface area contributed by atoms with Crippen molar-refractivity contribution in [3.8, 4) is 17.0 Å². The summed E-state index contributed by atoms with van der Waals surface area (Å²) in [5.41, 5.74) is -1.97. The number of halogens is 6. The number of para-hydroxylation sites is 1. The van der Waals surface area contributed by atoms with Crippen LogP contribution in [0.3, 0.4) is 0 Å². The van der Waals surface area contributed by atoms with E-state index in [-0.39, 0.29) is 30.0 Å². The van der Waals surface area contributed by atoms with Gasteiger partial charge in [0, 0.05) is 30.2 Å². The zero-order chi connectivity index (χ0) is 29.3. The highest BCUT2D eigenvalue weighted by Gasteiger charge is 2.51. The smallest absolute Gasteiger partial charge is 0.361 e. The molecule has 3 aliphatic heterocycles. The summed E-state index contributed by atoms with van der Waals surface area (Å²) in [6.45, 7) is 0. The van der Waals surface area contributed by atoms with E-state index < -0.39 is 40.8 Å². The van der Waals surface area contributed by atoms with Crippen molar-refractivity contribution in [1.29, 1.82) is 0 Å². The van der Waals surface area contributed by atoms with E-state index in [2.05, 4.69) is 20.8 Å². The summed E-state index contributed by atoms with van der Waals surface area (Å²) in [5.74, 6) is 1.27. The van der Waals surface area contributed by atoms with Gasteiger partial charge in [0.25, 0.3) is 0 Å². The normalized spacial score (nSPS) is 25.2. The van der Waals surface area contributed by atoms with Crippen LogP contribution >= 0.6 is 0 Å². The molecule has 1 aliphatic carbocycles. The van der Waals surface area contributed by atoms with Crippen LogP contribution in [0.4, 0.5) is 26.3 Å².